The predicted molar refractivity (Wildman–Crippen MR) is 75.4 cm³/mol. The molecule has 2 heterocycles. The molecule has 1 aliphatic heterocycles. The van der Waals surface area contributed by atoms with Crippen LogP contribution < -0.4 is 0 Å². The van der Waals surface area contributed by atoms with E-state index in [1.807, 2.05) is 0 Å². The van der Waals surface area contributed by atoms with Gasteiger partial charge in [0.05, 0.1) is 13.0 Å². The molecule has 1 N–H and O–H groups in total. The summed E-state index contributed by atoms with van der Waals surface area (Å²) in [6, 6.07) is 0. The fourth-order valence-electron chi connectivity index (χ4n) is 2.54. The minimum atomic E-state index is -0.762. The Balaban J connectivity index is 2.11. The minimum Gasteiger partial charge on any atom is -0.481 e. The van der Waals surface area contributed by atoms with Gasteiger partial charge < -0.3 is 9.67 Å². The van der Waals surface area contributed by atoms with E-state index in [0.717, 1.165) is 24.6 Å². The number of rotatable bonds is 5. The van der Waals surface area contributed by atoms with Gasteiger partial charge in [0.1, 0.15) is 11.6 Å². The molecule has 0 saturated carbocycles. The van der Waals surface area contributed by atoms with Crippen molar-refractivity contribution in [2.24, 2.45) is 0 Å². The lowest BCUT2D eigenvalue weighted by atomic mass is 10.1. The lowest BCUT2D eigenvalue weighted by molar-refractivity contribution is -0.137. The van der Waals surface area contributed by atoms with Gasteiger partial charge in [-0.25, -0.2) is 0 Å². The Morgan fingerprint density at radius 3 is 2.75 bits per heavy atom. The van der Waals surface area contributed by atoms with Crippen LogP contribution in [-0.4, -0.2) is 42.8 Å². The third-order valence-corrected chi connectivity index (χ3v) is 3.81. The fraction of sp³-hybridized carbons (Fsp3) is 0.786. The molecule has 20 heavy (non-hydrogen) atoms. The quantitative estimate of drug-likeness (QED) is 0.888. The van der Waals surface area contributed by atoms with Crippen LogP contribution in [0.3, 0.4) is 0 Å². The second-order valence-corrected chi connectivity index (χ2v) is 6.38. The van der Waals surface area contributed by atoms with E-state index in [0.29, 0.717) is 13.1 Å². The molecule has 0 unspecified atom stereocenters. The number of fused-ring (bicyclic) bond motifs is 1. The molecule has 0 aromatic carbocycles. The average Bonchev–Trinajstić information content (AvgIpc) is 2.76. The molecule has 6 heteroatoms. The minimum absolute atomic E-state index is 0.0868. The van der Waals surface area contributed by atoms with Crippen molar-refractivity contribution >= 4 is 5.97 Å². The third-order valence-electron chi connectivity index (χ3n) is 3.81. The maximum absolute atomic E-state index is 10.8. The zero-order chi connectivity index (χ0) is 14.8. The smallest absolute Gasteiger partial charge is 0.304 e. The summed E-state index contributed by atoms with van der Waals surface area (Å²) in [7, 11) is 0. The Hall–Kier alpha value is -1.43. The number of aliphatic carboxylic acids is 1. The second-order valence-electron chi connectivity index (χ2n) is 6.38. The van der Waals surface area contributed by atoms with Gasteiger partial charge >= 0.3 is 5.97 Å². The molecule has 0 amide bonds. The van der Waals surface area contributed by atoms with Crippen LogP contribution in [0.25, 0.3) is 0 Å². The second kappa shape index (κ2) is 5.91. The van der Waals surface area contributed by atoms with E-state index >= 15 is 0 Å². The Morgan fingerprint density at radius 1 is 1.35 bits per heavy atom. The number of aromatic nitrogens is 3. The number of carboxylic acids is 1. The van der Waals surface area contributed by atoms with E-state index in [2.05, 4.69) is 40.4 Å². The number of carbonyl (C=O) groups is 1. The van der Waals surface area contributed by atoms with Crippen molar-refractivity contribution in [2.45, 2.75) is 65.1 Å². The number of aryl methyl sites for hydroxylation is 1. The monoisotopic (exact) mass is 280 g/mol. The topological polar surface area (TPSA) is 71.2 Å². The van der Waals surface area contributed by atoms with Gasteiger partial charge in [0, 0.05) is 25.0 Å². The molecular weight excluding hydrogens is 256 g/mol. The molecule has 0 aliphatic carbocycles. The highest BCUT2D eigenvalue weighted by Gasteiger charge is 2.25. The van der Waals surface area contributed by atoms with Crippen LogP contribution in [0.4, 0.5) is 0 Å². The molecule has 0 atom stereocenters. The Morgan fingerprint density at radius 2 is 2.10 bits per heavy atom. The zero-order valence-corrected chi connectivity index (χ0v) is 12.6. The maximum atomic E-state index is 10.8. The van der Waals surface area contributed by atoms with E-state index in [1.165, 1.54) is 12.8 Å². The molecule has 6 nitrogen and oxygen atoms in total. The van der Waals surface area contributed by atoms with Crippen LogP contribution in [0.2, 0.25) is 0 Å². The Kier molecular flexibility index (Phi) is 4.42. The standard InChI is InChI=1S/C14H24N4O2/c1-14(2,3)17(9-7-13(19)20)10-12-16-15-11-6-4-5-8-18(11)12/h4-10H2,1-3H3,(H,19,20). The van der Waals surface area contributed by atoms with Crippen molar-refractivity contribution in [2.75, 3.05) is 6.54 Å². The predicted octanol–water partition coefficient (Wildman–Crippen LogP) is 1.69. The van der Waals surface area contributed by atoms with Crippen LogP contribution in [0.1, 0.15) is 51.7 Å². The van der Waals surface area contributed by atoms with Crippen LogP contribution in [-0.2, 0) is 24.3 Å². The van der Waals surface area contributed by atoms with E-state index < -0.39 is 5.97 Å². The van der Waals surface area contributed by atoms with Gasteiger partial charge in [0.2, 0.25) is 0 Å². The molecule has 0 spiro atoms. The molecule has 1 aliphatic rings. The average molecular weight is 280 g/mol. The van der Waals surface area contributed by atoms with Crippen molar-refractivity contribution in [1.29, 1.82) is 0 Å². The summed E-state index contributed by atoms with van der Waals surface area (Å²) in [4.78, 5) is 13.0. The summed E-state index contributed by atoms with van der Waals surface area (Å²) < 4.78 is 2.20. The van der Waals surface area contributed by atoms with Crippen LogP contribution in [0, 0.1) is 0 Å². The summed E-state index contributed by atoms with van der Waals surface area (Å²) in [5, 5.41) is 17.4. The van der Waals surface area contributed by atoms with Gasteiger partial charge in [-0.05, 0) is 33.6 Å². The highest BCUT2D eigenvalue weighted by Crippen LogP contribution is 2.20. The summed E-state index contributed by atoms with van der Waals surface area (Å²) in [5.41, 5.74) is -0.0868. The molecule has 0 radical (unpaired) electrons. The van der Waals surface area contributed by atoms with Crippen molar-refractivity contribution in [1.82, 2.24) is 19.7 Å². The normalized spacial score (nSPS) is 15.4. The Labute approximate surface area is 119 Å². The number of hydrogen-bond donors (Lipinski definition) is 1. The molecular formula is C14H24N4O2. The van der Waals surface area contributed by atoms with Crippen molar-refractivity contribution < 1.29 is 9.90 Å². The first-order chi connectivity index (χ1) is 9.38. The van der Waals surface area contributed by atoms with Crippen molar-refractivity contribution in [3.8, 4) is 0 Å². The lowest BCUT2D eigenvalue weighted by Gasteiger charge is -2.35. The van der Waals surface area contributed by atoms with Crippen molar-refractivity contribution in [3.63, 3.8) is 0 Å². The molecule has 2 rings (SSSR count). The highest BCUT2D eigenvalue weighted by molar-refractivity contribution is 5.66. The largest absolute Gasteiger partial charge is 0.481 e. The molecule has 0 fully saturated rings. The van der Waals surface area contributed by atoms with E-state index in [1.54, 1.807) is 0 Å². The molecule has 0 saturated heterocycles. The lowest BCUT2D eigenvalue weighted by Crippen LogP contribution is -2.42. The summed E-state index contributed by atoms with van der Waals surface area (Å²) in [6.07, 6.45) is 3.50. The van der Waals surface area contributed by atoms with Gasteiger partial charge in [-0.3, -0.25) is 9.69 Å². The van der Waals surface area contributed by atoms with E-state index in [9.17, 15) is 4.79 Å². The molecule has 112 valence electrons. The van der Waals surface area contributed by atoms with Gasteiger partial charge in [0.15, 0.2) is 0 Å². The van der Waals surface area contributed by atoms with E-state index in [4.69, 9.17) is 5.11 Å². The molecule has 0 bridgehead atoms. The molecule has 1 aromatic heterocycles. The van der Waals surface area contributed by atoms with Crippen molar-refractivity contribution in [3.05, 3.63) is 11.6 Å². The third kappa shape index (κ3) is 3.56. The zero-order valence-electron chi connectivity index (χ0n) is 12.6. The van der Waals surface area contributed by atoms with Gasteiger partial charge in [-0.2, -0.15) is 0 Å². The summed E-state index contributed by atoms with van der Waals surface area (Å²) >= 11 is 0. The fourth-order valence-corrected chi connectivity index (χ4v) is 2.54. The summed E-state index contributed by atoms with van der Waals surface area (Å²) in [6.45, 7) is 8.46. The van der Waals surface area contributed by atoms with Crippen LogP contribution in [0.5, 0.6) is 0 Å². The van der Waals surface area contributed by atoms with Crippen LogP contribution in [0.15, 0.2) is 0 Å². The molecule has 1 aromatic rings. The van der Waals surface area contributed by atoms with Gasteiger partial charge in [-0.15, -0.1) is 10.2 Å². The SMILES string of the molecule is CC(C)(C)N(CCC(=O)O)Cc1nnc2n1CCCC2. The number of carboxylic acid groups (broad SMARTS) is 1. The van der Waals surface area contributed by atoms with E-state index in [-0.39, 0.29) is 12.0 Å². The van der Waals surface area contributed by atoms with Gasteiger partial charge in [-0.1, -0.05) is 0 Å². The summed E-state index contributed by atoms with van der Waals surface area (Å²) in [5.74, 6) is 1.26. The Bertz CT molecular complexity index is 476. The number of hydrogen-bond acceptors (Lipinski definition) is 4. The highest BCUT2D eigenvalue weighted by atomic mass is 16.4. The first-order valence-corrected chi connectivity index (χ1v) is 7.26. The maximum Gasteiger partial charge on any atom is 0.304 e. The first kappa shape index (κ1) is 15.0. The number of nitrogens with zero attached hydrogens (tertiary/aromatic N) is 4. The van der Waals surface area contributed by atoms with Crippen LogP contribution >= 0.6 is 0 Å². The van der Waals surface area contributed by atoms with Gasteiger partial charge in [0.25, 0.3) is 0 Å². The first-order valence-electron chi connectivity index (χ1n) is 7.26.